The monoisotopic (exact) mass is 523 g/mol. The molecule has 196 valence electrons. The minimum atomic E-state index is -1.29. The lowest BCUT2D eigenvalue weighted by Crippen LogP contribution is -2.54. The minimum Gasteiger partial charge on any atom is -0.454 e. The molecule has 3 aromatic rings. The van der Waals surface area contributed by atoms with Gasteiger partial charge in [-0.05, 0) is 55.3 Å². The van der Waals surface area contributed by atoms with Crippen LogP contribution >= 0.6 is 0 Å². The lowest BCUT2D eigenvalue weighted by molar-refractivity contribution is -0.131. The molecule has 4 amide bonds. The zero-order valence-electron chi connectivity index (χ0n) is 19.9. The van der Waals surface area contributed by atoms with Crippen molar-refractivity contribution in [2.45, 2.75) is 18.9 Å². The number of nitrogens with zero attached hydrogens (tertiary/aromatic N) is 2. The van der Waals surface area contributed by atoms with Gasteiger partial charge in [0.2, 0.25) is 11.8 Å². The molecule has 10 nitrogen and oxygen atoms in total. The number of carbonyl (C=O) groups is 3. The molecule has 38 heavy (non-hydrogen) atoms. The maximum Gasteiger partial charge on any atom is 0.323 e. The second kappa shape index (κ2) is 10.1. The van der Waals surface area contributed by atoms with Crippen LogP contribution in [0.25, 0.3) is 0 Å². The molecule has 1 saturated heterocycles. The molecule has 2 heterocycles. The number of urea groups is 1. The summed E-state index contributed by atoms with van der Waals surface area (Å²) in [5.74, 6) is -2.04. The van der Waals surface area contributed by atoms with Gasteiger partial charge >= 0.3 is 6.03 Å². The molecule has 5 rings (SSSR count). The maximum atomic E-state index is 14.8. The average molecular weight is 523 g/mol. The number of aromatic nitrogens is 1. The standard InChI is InChI=1S/C26H23F2N5O5/c27-15-1-3-16(4-2-15)30-23(35)26(8-9-26)24(36)31-17-5-6-21(20(28)11-17)38-19-7-10-29-22(12-19)32-25(37)33-13-18(34)14-33/h1-7,10-12,18,34H,8-9,13-14H2,(H,30,35)(H,31,36)(H,29,32,37). The Morgan fingerprint density at radius 1 is 0.921 bits per heavy atom. The van der Waals surface area contributed by atoms with Gasteiger partial charge < -0.3 is 25.4 Å². The summed E-state index contributed by atoms with van der Waals surface area (Å²) in [7, 11) is 0. The third-order valence-corrected chi connectivity index (χ3v) is 6.25. The lowest BCUT2D eigenvalue weighted by atomic mass is 10.0. The Hall–Kier alpha value is -4.58. The van der Waals surface area contributed by atoms with Crippen LogP contribution in [0.15, 0.2) is 60.8 Å². The SMILES string of the molecule is O=C(Nc1cc(Oc2ccc(NC(=O)C3(C(=O)Nc4ccc(F)cc4)CC3)cc2F)ccn1)N1CC(O)C1. The van der Waals surface area contributed by atoms with E-state index in [9.17, 15) is 28.3 Å². The fourth-order valence-electron chi connectivity index (χ4n) is 3.86. The molecular formula is C26H23F2N5O5. The molecule has 1 aromatic heterocycles. The number of benzene rings is 2. The normalized spacial score (nSPS) is 15.7. The molecule has 1 aliphatic carbocycles. The van der Waals surface area contributed by atoms with E-state index in [1.807, 2.05) is 0 Å². The first-order valence-corrected chi connectivity index (χ1v) is 11.8. The molecule has 1 saturated carbocycles. The second-order valence-corrected chi connectivity index (χ2v) is 9.11. The van der Waals surface area contributed by atoms with Crippen LogP contribution in [-0.4, -0.2) is 52.0 Å². The summed E-state index contributed by atoms with van der Waals surface area (Å²) < 4.78 is 33.5. The topological polar surface area (TPSA) is 133 Å². The van der Waals surface area contributed by atoms with Gasteiger partial charge in [-0.3, -0.25) is 14.9 Å². The van der Waals surface area contributed by atoms with Gasteiger partial charge in [0.25, 0.3) is 0 Å². The Kier molecular flexibility index (Phi) is 6.64. The third-order valence-electron chi connectivity index (χ3n) is 6.25. The number of carbonyl (C=O) groups excluding carboxylic acids is 3. The van der Waals surface area contributed by atoms with Gasteiger partial charge in [0.15, 0.2) is 11.6 Å². The fraction of sp³-hybridized carbons (Fsp3) is 0.231. The molecule has 2 aliphatic rings. The first kappa shape index (κ1) is 25.1. The number of β-amino-alcohol motifs (C(OH)–C–C–N with tert-alkyl or cyclic N) is 1. The minimum absolute atomic E-state index is 0.132. The zero-order valence-corrected chi connectivity index (χ0v) is 19.9. The Labute approximate surface area is 215 Å². The van der Waals surface area contributed by atoms with E-state index in [4.69, 9.17) is 4.74 Å². The first-order valence-electron chi connectivity index (χ1n) is 11.8. The number of aliphatic hydroxyl groups excluding tert-OH is 1. The van der Waals surface area contributed by atoms with Crippen LogP contribution in [0.1, 0.15) is 12.8 Å². The maximum absolute atomic E-state index is 14.8. The summed E-state index contributed by atoms with van der Waals surface area (Å²) in [5.41, 5.74) is -0.784. The third kappa shape index (κ3) is 5.39. The summed E-state index contributed by atoms with van der Waals surface area (Å²) in [4.78, 5) is 43.1. The van der Waals surface area contributed by atoms with Gasteiger partial charge in [0, 0.05) is 29.7 Å². The number of rotatable bonds is 7. The van der Waals surface area contributed by atoms with Gasteiger partial charge in [-0.15, -0.1) is 0 Å². The predicted octanol–water partition coefficient (Wildman–Crippen LogP) is 3.72. The molecule has 0 atom stereocenters. The number of nitrogens with one attached hydrogen (secondary N) is 3. The van der Waals surface area contributed by atoms with Gasteiger partial charge in [-0.1, -0.05) is 0 Å². The number of pyridine rings is 1. The number of ether oxygens (including phenoxy) is 1. The Morgan fingerprint density at radius 3 is 2.21 bits per heavy atom. The molecule has 0 unspecified atom stereocenters. The van der Waals surface area contributed by atoms with Crippen molar-refractivity contribution in [3.05, 3.63) is 72.4 Å². The number of hydrogen-bond donors (Lipinski definition) is 4. The Balaban J connectivity index is 1.20. The smallest absolute Gasteiger partial charge is 0.323 e. The molecule has 2 aromatic carbocycles. The van der Waals surface area contributed by atoms with E-state index in [1.54, 1.807) is 0 Å². The number of amides is 4. The molecular weight excluding hydrogens is 500 g/mol. The van der Waals surface area contributed by atoms with Crippen molar-refractivity contribution >= 4 is 35.0 Å². The molecule has 1 aliphatic heterocycles. The average Bonchev–Trinajstić information content (AvgIpc) is 3.68. The molecule has 0 radical (unpaired) electrons. The van der Waals surface area contributed by atoms with E-state index in [0.717, 1.165) is 6.07 Å². The number of anilines is 3. The van der Waals surface area contributed by atoms with E-state index in [1.165, 1.54) is 59.6 Å². The van der Waals surface area contributed by atoms with Crippen LogP contribution in [-0.2, 0) is 9.59 Å². The van der Waals surface area contributed by atoms with E-state index >= 15 is 0 Å². The fourth-order valence-corrected chi connectivity index (χ4v) is 3.86. The highest BCUT2D eigenvalue weighted by Crippen LogP contribution is 2.47. The van der Waals surface area contributed by atoms with Gasteiger partial charge in [0.05, 0.1) is 19.2 Å². The van der Waals surface area contributed by atoms with Crippen LogP contribution in [0, 0.1) is 17.0 Å². The van der Waals surface area contributed by atoms with Gasteiger partial charge in [-0.25, -0.2) is 18.6 Å². The molecule has 12 heteroatoms. The molecule has 4 N–H and O–H groups in total. The van der Waals surface area contributed by atoms with E-state index in [-0.39, 0.29) is 36.1 Å². The molecule has 2 fully saturated rings. The van der Waals surface area contributed by atoms with Crippen molar-refractivity contribution in [1.82, 2.24) is 9.88 Å². The summed E-state index contributed by atoms with van der Waals surface area (Å²) in [6.07, 6.45) is 1.51. The van der Waals surface area contributed by atoms with Crippen molar-refractivity contribution in [2.24, 2.45) is 5.41 Å². The zero-order chi connectivity index (χ0) is 26.9. The highest BCUT2D eigenvalue weighted by molar-refractivity contribution is 6.16. The van der Waals surface area contributed by atoms with Crippen LogP contribution < -0.4 is 20.7 Å². The molecule has 0 bridgehead atoms. The lowest BCUT2D eigenvalue weighted by Gasteiger charge is -2.35. The van der Waals surface area contributed by atoms with Gasteiger partial charge in [0.1, 0.15) is 22.8 Å². The van der Waals surface area contributed by atoms with Crippen molar-refractivity contribution in [3.8, 4) is 11.5 Å². The second-order valence-electron chi connectivity index (χ2n) is 9.11. The van der Waals surface area contributed by atoms with Crippen molar-refractivity contribution < 1.29 is 33.0 Å². The number of aliphatic hydroxyl groups is 1. The largest absolute Gasteiger partial charge is 0.454 e. The number of likely N-dealkylation sites (tertiary alicyclic amines) is 1. The highest BCUT2D eigenvalue weighted by Gasteiger charge is 2.56. The van der Waals surface area contributed by atoms with Crippen LogP contribution in [0.3, 0.4) is 0 Å². The van der Waals surface area contributed by atoms with Crippen molar-refractivity contribution in [3.63, 3.8) is 0 Å². The van der Waals surface area contributed by atoms with Crippen molar-refractivity contribution in [1.29, 1.82) is 0 Å². The summed E-state index contributed by atoms with van der Waals surface area (Å²) in [6, 6.07) is 11.5. The van der Waals surface area contributed by atoms with Crippen molar-refractivity contribution in [2.75, 3.05) is 29.0 Å². The number of halogens is 2. The quantitative estimate of drug-likeness (QED) is 0.349. The summed E-state index contributed by atoms with van der Waals surface area (Å²) >= 11 is 0. The summed E-state index contributed by atoms with van der Waals surface area (Å²) in [5, 5.41) is 17.1. The van der Waals surface area contributed by atoms with Crippen LogP contribution in [0.5, 0.6) is 11.5 Å². The summed E-state index contributed by atoms with van der Waals surface area (Å²) in [6.45, 7) is 0.465. The number of hydrogen-bond acceptors (Lipinski definition) is 6. The highest BCUT2D eigenvalue weighted by atomic mass is 19.1. The van der Waals surface area contributed by atoms with Crippen LogP contribution in [0.4, 0.5) is 30.8 Å². The van der Waals surface area contributed by atoms with Crippen LogP contribution in [0.2, 0.25) is 0 Å². The first-order chi connectivity index (χ1) is 18.2. The van der Waals surface area contributed by atoms with E-state index < -0.39 is 41.0 Å². The van der Waals surface area contributed by atoms with E-state index in [0.29, 0.717) is 18.5 Å². The van der Waals surface area contributed by atoms with E-state index in [2.05, 4.69) is 20.9 Å². The molecule has 0 spiro atoms. The Morgan fingerprint density at radius 2 is 1.58 bits per heavy atom. The predicted molar refractivity (Wildman–Crippen MR) is 133 cm³/mol. The van der Waals surface area contributed by atoms with Gasteiger partial charge in [-0.2, -0.15) is 0 Å². The Bertz CT molecular complexity index is 1390.